The molecule has 0 aliphatic carbocycles. The molecule has 1 rings (SSSR count). The van der Waals surface area contributed by atoms with Crippen molar-refractivity contribution in [3.8, 4) is 0 Å². The van der Waals surface area contributed by atoms with Crippen LogP contribution in [0.5, 0.6) is 0 Å². The average Bonchev–Trinajstić information content (AvgIpc) is 2.44. The molecule has 0 aromatic heterocycles. The number of carbonyl (C=O) groups excluding carboxylic acids is 1. The molecule has 0 saturated carbocycles. The third kappa shape index (κ3) is 5.22. The minimum Gasteiger partial charge on any atom is -0.375 e. The van der Waals surface area contributed by atoms with Crippen molar-refractivity contribution >= 4 is 5.91 Å². The van der Waals surface area contributed by atoms with Crippen LogP contribution in [0.1, 0.15) is 18.9 Å². The maximum Gasteiger partial charge on any atom is 0.261 e. The Hall–Kier alpha value is -1.53. The van der Waals surface area contributed by atoms with Gasteiger partial charge in [-0.1, -0.05) is 30.3 Å². The predicted octanol–water partition coefficient (Wildman–Crippen LogP) is 1.65. The van der Waals surface area contributed by atoms with E-state index in [1.165, 1.54) is 0 Å². The van der Waals surface area contributed by atoms with Gasteiger partial charge in [0.05, 0.1) is 12.1 Å². The maximum absolute atomic E-state index is 11.9. The van der Waals surface area contributed by atoms with Crippen molar-refractivity contribution < 1.29 is 18.3 Å². The molecule has 4 nitrogen and oxygen atoms in total. The summed E-state index contributed by atoms with van der Waals surface area (Å²) in [4.78, 5) is 11.8. The Labute approximate surface area is 117 Å². The Bertz CT molecular complexity index is 415. The molecule has 0 heterocycles. The van der Waals surface area contributed by atoms with Gasteiger partial charge in [0, 0.05) is 13.0 Å². The molecule has 0 aliphatic rings. The molecule has 20 heavy (non-hydrogen) atoms. The lowest BCUT2D eigenvalue weighted by Crippen LogP contribution is -2.49. The van der Waals surface area contributed by atoms with Crippen molar-refractivity contribution in [1.29, 1.82) is 0 Å². The summed E-state index contributed by atoms with van der Waals surface area (Å²) in [5.41, 5.74) is 5.95. The lowest BCUT2D eigenvalue weighted by molar-refractivity contribution is -0.124. The van der Waals surface area contributed by atoms with Crippen LogP contribution in [0.4, 0.5) is 8.78 Å². The summed E-state index contributed by atoms with van der Waals surface area (Å²) in [6.07, 6.45) is -2.49. The van der Waals surface area contributed by atoms with E-state index in [0.717, 1.165) is 5.56 Å². The zero-order valence-corrected chi connectivity index (χ0v) is 11.4. The van der Waals surface area contributed by atoms with Gasteiger partial charge in [0.1, 0.15) is 6.61 Å². The van der Waals surface area contributed by atoms with Crippen LogP contribution < -0.4 is 11.1 Å². The van der Waals surface area contributed by atoms with Gasteiger partial charge in [-0.2, -0.15) is 0 Å². The highest BCUT2D eigenvalue weighted by atomic mass is 19.3. The molecule has 0 fully saturated rings. The number of nitrogens with one attached hydrogen (secondary N) is 1. The Morgan fingerprint density at radius 2 is 2.05 bits per heavy atom. The number of halogens is 2. The van der Waals surface area contributed by atoms with Gasteiger partial charge in [0.15, 0.2) is 0 Å². The van der Waals surface area contributed by atoms with E-state index in [-0.39, 0.29) is 25.5 Å². The molecule has 0 radical (unpaired) electrons. The molecule has 1 atom stereocenters. The van der Waals surface area contributed by atoms with Gasteiger partial charge in [-0.25, -0.2) is 8.78 Å². The largest absolute Gasteiger partial charge is 0.375 e. The van der Waals surface area contributed by atoms with E-state index in [2.05, 4.69) is 10.1 Å². The summed E-state index contributed by atoms with van der Waals surface area (Å²) in [5.74, 6) is -0.281. The Balaban J connectivity index is 2.49. The highest BCUT2D eigenvalue weighted by Crippen LogP contribution is 2.19. The standard InChI is InChI=1S/C14H20F2N2O2/c1-14(10-17,11-5-3-2-4-6-11)18-13(19)7-8-20-9-12(15)16/h2-6,12H,7-10,17H2,1H3,(H,18,19). The van der Waals surface area contributed by atoms with Gasteiger partial charge in [0.25, 0.3) is 6.43 Å². The van der Waals surface area contributed by atoms with Crippen LogP contribution in [0.15, 0.2) is 30.3 Å². The quantitative estimate of drug-likeness (QED) is 0.714. The number of benzene rings is 1. The van der Waals surface area contributed by atoms with Gasteiger partial charge in [-0.3, -0.25) is 4.79 Å². The molecule has 1 unspecified atom stereocenters. The fourth-order valence-corrected chi connectivity index (χ4v) is 1.75. The molecule has 1 aromatic rings. The van der Waals surface area contributed by atoms with Gasteiger partial charge < -0.3 is 15.8 Å². The molecule has 1 aromatic carbocycles. The summed E-state index contributed by atoms with van der Waals surface area (Å²) in [6, 6.07) is 9.35. The highest BCUT2D eigenvalue weighted by molar-refractivity contribution is 5.77. The Morgan fingerprint density at radius 1 is 1.40 bits per heavy atom. The van der Waals surface area contributed by atoms with Crippen LogP contribution in [-0.4, -0.2) is 32.1 Å². The number of amides is 1. The van der Waals surface area contributed by atoms with Crippen molar-refractivity contribution in [2.24, 2.45) is 5.73 Å². The Kier molecular flexibility index (Phi) is 6.54. The maximum atomic E-state index is 11.9. The van der Waals surface area contributed by atoms with Crippen molar-refractivity contribution in [3.63, 3.8) is 0 Å². The summed E-state index contributed by atoms with van der Waals surface area (Å²) in [7, 11) is 0. The van der Waals surface area contributed by atoms with Crippen LogP contribution in [0.25, 0.3) is 0 Å². The van der Waals surface area contributed by atoms with E-state index < -0.39 is 18.6 Å². The molecule has 1 amide bonds. The second-order valence-electron chi connectivity index (χ2n) is 4.67. The van der Waals surface area contributed by atoms with E-state index in [1.807, 2.05) is 37.3 Å². The summed E-state index contributed by atoms with van der Waals surface area (Å²) in [5, 5.41) is 2.82. The molecular formula is C14H20F2N2O2. The van der Waals surface area contributed by atoms with E-state index in [1.54, 1.807) is 0 Å². The molecular weight excluding hydrogens is 266 g/mol. The SMILES string of the molecule is CC(CN)(NC(=O)CCOCC(F)F)c1ccccc1. The number of alkyl halides is 2. The smallest absolute Gasteiger partial charge is 0.261 e. The minimum absolute atomic E-state index is 0.0230. The lowest BCUT2D eigenvalue weighted by atomic mass is 9.92. The van der Waals surface area contributed by atoms with E-state index in [9.17, 15) is 13.6 Å². The predicted molar refractivity (Wildman–Crippen MR) is 72.4 cm³/mol. The third-order valence-corrected chi connectivity index (χ3v) is 2.95. The molecule has 0 saturated heterocycles. The first-order valence-electron chi connectivity index (χ1n) is 6.40. The van der Waals surface area contributed by atoms with E-state index >= 15 is 0 Å². The lowest BCUT2D eigenvalue weighted by Gasteiger charge is -2.30. The van der Waals surface area contributed by atoms with Crippen molar-refractivity contribution in [1.82, 2.24) is 5.32 Å². The van der Waals surface area contributed by atoms with Gasteiger partial charge >= 0.3 is 0 Å². The van der Waals surface area contributed by atoms with Crippen LogP contribution in [0.2, 0.25) is 0 Å². The van der Waals surface area contributed by atoms with Crippen LogP contribution >= 0.6 is 0 Å². The zero-order chi connectivity index (χ0) is 15.0. The number of ether oxygens (including phenoxy) is 1. The second-order valence-corrected chi connectivity index (χ2v) is 4.67. The first-order chi connectivity index (χ1) is 9.48. The van der Waals surface area contributed by atoms with Crippen LogP contribution in [0, 0.1) is 0 Å². The number of nitrogens with two attached hydrogens (primary N) is 1. The highest BCUT2D eigenvalue weighted by Gasteiger charge is 2.26. The summed E-state index contributed by atoms with van der Waals surface area (Å²) < 4.78 is 28.4. The first kappa shape index (κ1) is 16.5. The molecule has 0 spiro atoms. The monoisotopic (exact) mass is 286 g/mol. The number of rotatable bonds is 8. The van der Waals surface area contributed by atoms with E-state index in [4.69, 9.17) is 5.73 Å². The summed E-state index contributed by atoms with van der Waals surface area (Å²) >= 11 is 0. The minimum atomic E-state index is -2.52. The fourth-order valence-electron chi connectivity index (χ4n) is 1.75. The normalized spacial score (nSPS) is 14.1. The second kappa shape index (κ2) is 7.91. The van der Waals surface area contributed by atoms with Crippen LogP contribution in [0.3, 0.4) is 0 Å². The van der Waals surface area contributed by atoms with Gasteiger partial charge in [0.2, 0.25) is 5.91 Å². The number of hydrogen-bond acceptors (Lipinski definition) is 3. The molecule has 112 valence electrons. The third-order valence-electron chi connectivity index (χ3n) is 2.95. The molecule has 3 N–H and O–H groups in total. The zero-order valence-electron chi connectivity index (χ0n) is 11.4. The Morgan fingerprint density at radius 3 is 2.60 bits per heavy atom. The first-order valence-corrected chi connectivity index (χ1v) is 6.40. The van der Waals surface area contributed by atoms with Crippen LogP contribution in [-0.2, 0) is 15.1 Å². The van der Waals surface area contributed by atoms with Crippen molar-refractivity contribution in [2.75, 3.05) is 19.8 Å². The number of hydrogen-bond donors (Lipinski definition) is 2. The topological polar surface area (TPSA) is 64.3 Å². The van der Waals surface area contributed by atoms with Crippen molar-refractivity contribution in [3.05, 3.63) is 35.9 Å². The summed E-state index contributed by atoms with van der Waals surface area (Å²) in [6.45, 7) is 1.37. The molecule has 0 bridgehead atoms. The average molecular weight is 286 g/mol. The van der Waals surface area contributed by atoms with Crippen molar-refractivity contribution in [2.45, 2.75) is 25.3 Å². The fraction of sp³-hybridized carbons (Fsp3) is 0.500. The number of carbonyl (C=O) groups is 1. The van der Waals surface area contributed by atoms with Gasteiger partial charge in [-0.05, 0) is 12.5 Å². The van der Waals surface area contributed by atoms with E-state index in [0.29, 0.717) is 0 Å². The van der Waals surface area contributed by atoms with Gasteiger partial charge in [-0.15, -0.1) is 0 Å². The molecule has 6 heteroatoms. The molecule has 0 aliphatic heterocycles.